The standard InChI is InChI=1S/C3H5N3O.H2/c1-6-2-4-5-3(6)7;/h2H,1H3,(H,5,7);1H. The van der Waals surface area contributed by atoms with Crippen LogP contribution in [0.3, 0.4) is 0 Å². The highest BCUT2D eigenvalue weighted by Crippen LogP contribution is 1.57. The average Bonchev–Trinajstić information content (AvgIpc) is 1.91. The average molecular weight is 101 g/mol. The zero-order chi connectivity index (χ0) is 5.28. The molecule has 0 bridgehead atoms. The monoisotopic (exact) mass is 101 g/mol. The maximum absolute atomic E-state index is 10.3. The van der Waals surface area contributed by atoms with Gasteiger partial charge in [-0.15, -0.1) is 0 Å². The summed E-state index contributed by atoms with van der Waals surface area (Å²) in [6, 6.07) is 0. The Kier molecular flexibility index (Phi) is 0.714. The molecule has 1 N–H and O–H groups in total. The Morgan fingerprint density at radius 3 is 3.00 bits per heavy atom. The van der Waals surface area contributed by atoms with Gasteiger partial charge in [-0.3, -0.25) is 4.57 Å². The molecular formula is C3H7N3O. The van der Waals surface area contributed by atoms with Crippen molar-refractivity contribution in [2.24, 2.45) is 7.05 Å². The van der Waals surface area contributed by atoms with Gasteiger partial charge in [0.1, 0.15) is 6.33 Å². The Hall–Kier alpha value is -1.06. The minimum atomic E-state index is -0.181. The molecule has 0 spiro atoms. The van der Waals surface area contributed by atoms with E-state index in [1.54, 1.807) is 7.05 Å². The van der Waals surface area contributed by atoms with Crippen LogP contribution in [0.4, 0.5) is 0 Å². The normalized spacial score (nSPS) is 9.29. The lowest BCUT2D eigenvalue weighted by Crippen LogP contribution is -2.11. The van der Waals surface area contributed by atoms with Crippen molar-refractivity contribution in [3.05, 3.63) is 16.8 Å². The summed E-state index contributed by atoms with van der Waals surface area (Å²) in [5, 5.41) is 5.67. The number of H-pyrrole nitrogens is 1. The Balaban J connectivity index is 0.000000490. The summed E-state index contributed by atoms with van der Waals surface area (Å²) in [6.07, 6.45) is 1.42. The van der Waals surface area contributed by atoms with Crippen LogP contribution in [0.5, 0.6) is 0 Å². The third-order valence-corrected chi connectivity index (χ3v) is 0.711. The van der Waals surface area contributed by atoms with E-state index >= 15 is 0 Å². The highest BCUT2D eigenvalue weighted by molar-refractivity contribution is 4.56. The van der Waals surface area contributed by atoms with E-state index in [0.29, 0.717) is 0 Å². The molecule has 0 fully saturated rings. The third kappa shape index (κ3) is 0.534. The number of aryl methyl sites for hydroxylation is 1. The molecule has 0 aliphatic carbocycles. The molecule has 1 rings (SSSR count). The summed E-state index contributed by atoms with van der Waals surface area (Å²) in [4.78, 5) is 10.3. The summed E-state index contributed by atoms with van der Waals surface area (Å²) in [6.45, 7) is 0. The maximum Gasteiger partial charge on any atom is 0.342 e. The van der Waals surface area contributed by atoms with Crippen LogP contribution in [0.25, 0.3) is 0 Å². The van der Waals surface area contributed by atoms with Crippen LogP contribution in [0, 0.1) is 0 Å². The van der Waals surface area contributed by atoms with Crippen molar-refractivity contribution in [1.82, 2.24) is 14.8 Å². The smallest absolute Gasteiger partial charge is 0.285 e. The first kappa shape index (κ1) is 4.11. The van der Waals surface area contributed by atoms with E-state index in [-0.39, 0.29) is 7.12 Å². The number of aromatic amines is 1. The fraction of sp³-hybridized carbons (Fsp3) is 0.333. The largest absolute Gasteiger partial charge is 0.342 e. The maximum atomic E-state index is 10.3. The number of aromatic nitrogens is 3. The molecule has 0 aromatic carbocycles. The molecule has 0 aliphatic heterocycles. The fourth-order valence-electron chi connectivity index (χ4n) is 0.302. The summed E-state index contributed by atoms with van der Waals surface area (Å²) in [5.74, 6) is 0. The van der Waals surface area contributed by atoms with Gasteiger partial charge in [-0.1, -0.05) is 0 Å². The predicted octanol–water partition coefficient (Wildman–Crippen LogP) is -0.646. The van der Waals surface area contributed by atoms with Crippen molar-refractivity contribution in [2.45, 2.75) is 0 Å². The molecule has 0 amide bonds. The highest BCUT2D eigenvalue weighted by Gasteiger charge is 1.82. The first-order valence-corrected chi connectivity index (χ1v) is 1.86. The molecule has 1 heterocycles. The quantitative estimate of drug-likeness (QED) is 0.472. The van der Waals surface area contributed by atoms with Gasteiger partial charge in [0, 0.05) is 8.47 Å². The molecule has 1 aromatic heterocycles. The number of rotatable bonds is 0. The highest BCUT2D eigenvalue weighted by atomic mass is 16.1. The summed E-state index contributed by atoms with van der Waals surface area (Å²) in [5.41, 5.74) is -0.181. The molecule has 0 atom stereocenters. The predicted molar refractivity (Wildman–Crippen MR) is 25.9 cm³/mol. The van der Waals surface area contributed by atoms with Crippen molar-refractivity contribution in [3.63, 3.8) is 0 Å². The van der Waals surface area contributed by atoms with Crippen LogP contribution in [0.1, 0.15) is 1.43 Å². The lowest BCUT2D eigenvalue weighted by molar-refractivity contribution is 0.862. The summed E-state index contributed by atoms with van der Waals surface area (Å²) < 4.78 is 1.36. The molecule has 4 nitrogen and oxygen atoms in total. The van der Waals surface area contributed by atoms with Crippen LogP contribution in [-0.2, 0) is 7.05 Å². The SMILES string of the molecule is Cn1cn[nH]c1=O.[HH]. The van der Waals surface area contributed by atoms with Gasteiger partial charge in [0.25, 0.3) is 0 Å². The number of nitrogens with zero attached hydrogens (tertiary/aromatic N) is 2. The molecule has 0 aliphatic rings. The van der Waals surface area contributed by atoms with Crippen molar-refractivity contribution >= 4 is 0 Å². The number of nitrogens with one attached hydrogen (secondary N) is 1. The summed E-state index contributed by atoms with van der Waals surface area (Å²) in [7, 11) is 1.63. The lowest BCUT2D eigenvalue weighted by atomic mass is 11.1. The van der Waals surface area contributed by atoms with Gasteiger partial charge < -0.3 is 0 Å². The minimum Gasteiger partial charge on any atom is -0.285 e. The Morgan fingerprint density at radius 2 is 2.86 bits per heavy atom. The van der Waals surface area contributed by atoms with Gasteiger partial charge in [-0.25, -0.2) is 9.89 Å². The van der Waals surface area contributed by atoms with E-state index < -0.39 is 0 Å². The second kappa shape index (κ2) is 1.22. The fourth-order valence-corrected chi connectivity index (χ4v) is 0.302. The molecule has 40 valence electrons. The van der Waals surface area contributed by atoms with E-state index in [2.05, 4.69) is 10.2 Å². The molecule has 0 radical (unpaired) electrons. The molecule has 1 aromatic rings. The second-order valence-electron chi connectivity index (χ2n) is 1.27. The van der Waals surface area contributed by atoms with E-state index in [1.807, 2.05) is 0 Å². The van der Waals surface area contributed by atoms with Crippen molar-refractivity contribution in [2.75, 3.05) is 0 Å². The first-order valence-electron chi connectivity index (χ1n) is 1.86. The Morgan fingerprint density at radius 1 is 2.14 bits per heavy atom. The van der Waals surface area contributed by atoms with Crippen molar-refractivity contribution < 1.29 is 1.43 Å². The Bertz CT molecular complexity index is 202. The third-order valence-electron chi connectivity index (χ3n) is 0.711. The molecule has 7 heavy (non-hydrogen) atoms. The first-order chi connectivity index (χ1) is 3.30. The van der Waals surface area contributed by atoms with Gasteiger partial charge in [-0.05, 0) is 0 Å². The van der Waals surface area contributed by atoms with Crippen LogP contribution in [0.2, 0.25) is 0 Å². The van der Waals surface area contributed by atoms with Crippen LogP contribution in [0.15, 0.2) is 11.1 Å². The number of hydrogen-bond acceptors (Lipinski definition) is 2. The van der Waals surface area contributed by atoms with Gasteiger partial charge in [0.15, 0.2) is 0 Å². The molecule has 0 saturated heterocycles. The van der Waals surface area contributed by atoms with E-state index in [4.69, 9.17) is 0 Å². The van der Waals surface area contributed by atoms with Crippen molar-refractivity contribution in [3.8, 4) is 0 Å². The molecule has 0 unspecified atom stereocenters. The lowest BCUT2D eigenvalue weighted by Gasteiger charge is -1.74. The number of hydrogen-bond donors (Lipinski definition) is 1. The second-order valence-corrected chi connectivity index (χ2v) is 1.27. The van der Waals surface area contributed by atoms with Gasteiger partial charge >= 0.3 is 5.69 Å². The van der Waals surface area contributed by atoms with Crippen LogP contribution in [-0.4, -0.2) is 14.8 Å². The minimum absolute atomic E-state index is 0. The molecule has 4 heteroatoms. The van der Waals surface area contributed by atoms with E-state index in [0.717, 1.165) is 0 Å². The van der Waals surface area contributed by atoms with Gasteiger partial charge in [0.05, 0.1) is 0 Å². The molecular weight excluding hydrogens is 94.1 g/mol. The summed E-state index contributed by atoms with van der Waals surface area (Å²) >= 11 is 0. The van der Waals surface area contributed by atoms with Crippen molar-refractivity contribution in [1.29, 1.82) is 0 Å². The topological polar surface area (TPSA) is 50.7 Å². The van der Waals surface area contributed by atoms with Crippen LogP contribution < -0.4 is 5.69 Å². The van der Waals surface area contributed by atoms with E-state index in [9.17, 15) is 4.79 Å². The zero-order valence-electron chi connectivity index (χ0n) is 3.88. The zero-order valence-corrected chi connectivity index (χ0v) is 3.88. The molecule has 0 saturated carbocycles. The van der Waals surface area contributed by atoms with Gasteiger partial charge in [0.2, 0.25) is 0 Å². The van der Waals surface area contributed by atoms with Gasteiger partial charge in [-0.2, -0.15) is 5.10 Å². The van der Waals surface area contributed by atoms with Crippen LogP contribution >= 0.6 is 0 Å². The van der Waals surface area contributed by atoms with E-state index in [1.165, 1.54) is 10.9 Å². The Labute approximate surface area is 41.3 Å².